The van der Waals surface area contributed by atoms with Gasteiger partial charge in [0.25, 0.3) is 0 Å². The number of aromatic nitrogens is 2. The molecule has 1 N–H and O–H groups in total. The van der Waals surface area contributed by atoms with E-state index >= 15 is 0 Å². The van der Waals surface area contributed by atoms with E-state index in [1.807, 2.05) is 14.0 Å². The summed E-state index contributed by atoms with van der Waals surface area (Å²) < 4.78 is 1.77. The van der Waals surface area contributed by atoms with Gasteiger partial charge in [0.05, 0.1) is 5.69 Å². The predicted octanol–water partition coefficient (Wildman–Crippen LogP) is 2.70. The van der Waals surface area contributed by atoms with Gasteiger partial charge in [0.15, 0.2) is 0 Å². The topological polar surface area (TPSA) is 29.9 Å². The molecule has 0 amide bonds. The molecule has 1 aliphatic rings. The predicted molar refractivity (Wildman–Crippen MR) is 71.5 cm³/mol. The minimum atomic E-state index is 0.700. The standard InChI is InChI=1S/C13H22ClN3/c1-9-11(13(14)17(3)16-9)5-4-6-12(15-2)10-7-8-10/h10,12,15H,4-8H2,1-3H3. The largest absolute Gasteiger partial charge is 0.317 e. The first-order valence-electron chi connectivity index (χ1n) is 6.48. The normalized spacial score (nSPS) is 17.4. The van der Waals surface area contributed by atoms with E-state index in [0.29, 0.717) is 6.04 Å². The Morgan fingerprint density at radius 1 is 1.53 bits per heavy atom. The van der Waals surface area contributed by atoms with Crippen LogP contribution in [-0.4, -0.2) is 22.9 Å². The van der Waals surface area contributed by atoms with Gasteiger partial charge in [-0.3, -0.25) is 4.68 Å². The maximum atomic E-state index is 6.22. The Hall–Kier alpha value is -0.540. The van der Waals surface area contributed by atoms with Crippen LogP contribution in [0.2, 0.25) is 5.15 Å². The van der Waals surface area contributed by atoms with Crippen molar-refractivity contribution < 1.29 is 0 Å². The molecule has 1 atom stereocenters. The SMILES string of the molecule is CNC(CCCc1c(C)nn(C)c1Cl)C1CC1. The molecule has 2 rings (SSSR count). The smallest absolute Gasteiger partial charge is 0.130 e. The highest BCUT2D eigenvalue weighted by atomic mass is 35.5. The van der Waals surface area contributed by atoms with Gasteiger partial charge in [0, 0.05) is 18.7 Å². The van der Waals surface area contributed by atoms with Crippen molar-refractivity contribution in [1.82, 2.24) is 15.1 Å². The first kappa shape index (κ1) is 12.9. The number of nitrogens with one attached hydrogen (secondary N) is 1. The van der Waals surface area contributed by atoms with Crippen LogP contribution in [0.15, 0.2) is 0 Å². The average Bonchev–Trinajstić information content (AvgIpc) is 3.08. The molecule has 96 valence electrons. The van der Waals surface area contributed by atoms with Crippen LogP contribution in [0.25, 0.3) is 0 Å². The molecule has 1 aromatic rings. The summed E-state index contributed by atoms with van der Waals surface area (Å²) in [5.74, 6) is 0.922. The van der Waals surface area contributed by atoms with Crippen molar-refractivity contribution in [2.45, 2.75) is 45.1 Å². The van der Waals surface area contributed by atoms with Gasteiger partial charge in [-0.2, -0.15) is 5.10 Å². The van der Waals surface area contributed by atoms with Crippen LogP contribution in [0, 0.1) is 12.8 Å². The van der Waals surface area contributed by atoms with E-state index < -0.39 is 0 Å². The van der Waals surface area contributed by atoms with Gasteiger partial charge in [0.2, 0.25) is 0 Å². The molecule has 3 nitrogen and oxygen atoms in total. The number of hydrogen-bond acceptors (Lipinski definition) is 2. The number of nitrogens with zero attached hydrogens (tertiary/aromatic N) is 2. The fourth-order valence-corrected chi connectivity index (χ4v) is 2.84. The zero-order chi connectivity index (χ0) is 12.4. The van der Waals surface area contributed by atoms with Crippen LogP contribution in [-0.2, 0) is 13.5 Å². The number of aryl methyl sites for hydroxylation is 2. The van der Waals surface area contributed by atoms with Crippen molar-refractivity contribution >= 4 is 11.6 Å². The molecule has 1 fully saturated rings. The lowest BCUT2D eigenvalue weighted by atomic mass is 10.0. The van der Waals surface area contributed by atoms with Crippen molar-refractivity contribution in [3.05, 3.63) is 16.4 Å². The molecule has 1 saturated carbocycles. The van der Waals surface area contributed by atoms with E-state index in [9.17, 15) is 0 Å². The van der Waals surface area contributed by atoms with E-state index in [0.717, 1.165) is 23.2 Å². The summed E-state index contributed by atoms with van der Waals surface area (Å²) in [5.41, 5.74) is 2.30. The second-order valence-electron chi connectivity index (χ2n) is 5.10. The Kier molecular flexibility index (Phi) is 4.10. The molecule has 0 spiro atoms. The summed E-state index contributed by atoms with van der Waals surface area (Å²) in [7, 11) is 3.98. The third-order valence-electron chi connectivity index (χ3n) is 3.77. The van der Waals surface area contributed by atoms with Crippen LogP contribution in [0.5, 0.6) is 0 Å². The Bertz CT molecular complexity index is 382. The molecular formula is C13H22ClN3. The van der Waals surface area contributed by atoms with Gasteiger partial charge in [0.1, 0.15) is 5.15 Å². The van der Waals surface area contributed by atoms with E-state index in [-0.39, 0.29) is 0 Å². The van der Waals surface area contributed by atoms with Crippen LogP contribution in [0.1, 0.15) is 36.9 Å². The molecule has 17 heavy (non-hydrogen) atoms. The van der Waals surface area contributed by atoms with Crippen LogP contribution in [0.3, 0.4) is 0 Å². The maximum Gasteiger partial charge on any atom is 0.130 e. The molecule has 0 aromatic carbocycles. The summed E-state index contributed by atoms with van der Waals surface area (Å²) in [6, 6.07) is 0.700. The summed E-state index contributed by atoms with van der Waals surface area (Å²) in [5, 5.41) is 8.58. The van der Waals surface area contributed by atoms with Gasteiger partial charge in [-0.05, 0) is 52.0 Å². The first-order chi connectivity index (χ1) is 8.13. The van der Waals surface area contributed by atoms with Crippen LogP contribution >= 0.6 is 11.6 Å². The van der Waals surface area contributed by atoms with Crippen molar-refractivity contribution in [2.75, 3.05) is 7.05 Å². The van der Waals surface area contributed by atoms with E-state index in [2.05, 4.69) is 17.5 Å². The molecule has 1 aliphatic carbocycles. The van der Waals surface area contributed by atoms with Gasteiger partial charge >= 0.3 is 0 Å². The van der Waals surface area contributed by atoms with Gasteiger partial charge in [-0.1, -0.05) is 11.6 Å². The van der Waals surface area contributed by atoms with E-state index in [1.165, 1.54) is 31.2 Å². The van der Waals surface area contributed by atoms with Gasteiger partial charge < -0.3 is 5.32 Å². The van der Waals surface area contributed by atoms with E-state index in [1.54, 1.807) is 4.68 Å². The number of hydrogen-bond donors (Lipinski definition) is 1. The molecule has 4 heteroatoms. The fraction of sp³-hybridized carbons (Fsp3) is 0.769. The fourth-order valence-electron chi connectivity index (χ4n) is 2.57. The van der Waals surface area contributed by atoms with Crippen molar-refractivity contribution in [3.8, 4) is 0 Å². The molecular weight excluding hydrogens is 234 g/mol. The highest BCUT2D eigenvalue weighted by molar-refractivity contribution is 6.30. The monoisotopic (exact) mass is 255 g/mol. The Balaban J connectivity index is 1.84. The molecule has 0 bridgehead atoms. The average molecular weight is 256 g/mol. The van der Waals surface area contributed by atoms with Gasteiger partial charge in [-0.25, -0.2) is 0 Å². The van der Waals surface area contributed by atoms with Crippen LogP contribution in [0.4, 0.5) is 0 Å². The molecule has 1 heterocycles. The third-order valence-corrected chi connectivity index (χ3v) is 4.25. The Labute approximate surface area is 109 Å². The highest BCUT2D eigenvalue weighted by Crippen LogP contribution is 2.34. The van der Waals surface area contributed by atoms with Gasteiger partial charge in [-0.15, -0.1) is 0 Å². The first-order valence-corrected chi connectivity index (χ1v) is 6.86. The van der Waals surface area contributed by atoms with Crippen molar-refractivity contribution in [3.63, 3.8) is 0 Å². The van der Waals surface area contributed by atoms with Crippen LogP contribution < -0.4 is 5.32 Å². The molecule has 1 aromatic heterocycles. The second-order valence-corrected chi connectivity index (χ2v) is 5.46. The lowest BCUT2D eigenvalue weighted by Crippen LogP contribution is -2.27. The lowest BCUT2D eigenvalue weighted by Gasteiger charge is -2.14. The molecule has 0 aliphatic heterocycles. The molecule has 0 saturated heterocycles. The summed E-state index contributed by atoms with van der Waals surface area (Å²) in [6.45, 7) is 2.04. The van der Waals surface area contributed by atoms with E-state index in [4.69, 9.17) is 11.6 Å². The highest BCUT2D eigenvalue weighted by Gasteiger charge is 2.29. The lowest BCUT2D eigenvalue weighted by molar-refractivity contribution is 0.456. The zero-order valence-corrected chi connectivity index (χ0v) is 11.7. The minimum Gasteiger partial charge on any atom is -0.317 e. The summed E-state index contributed by atoms with van der Waals surface area (Å²) >= 11 is 6.22. The minimum absolute atomic E-state index is 0.700. The number of halogens is 1. The van der Waals surface area contributed by atoms with Crippen molar-refractivity contribution in [2.24, 2.45) is 13.0 Å². The third kappa shape index (κ3) is 3.02. The van der Waals surface area contributed by atoms with Crippen molar-refractivity contribution in [1.29, 1.82) is 0 Å². The summed E-state index contributed by atoms with van der Waals surface area (Å²) in [4.78, 5) is 0. The molecule has 1 unspecified atom stereocenters. The second kappa shape index (κ2) is 5.40. The zero-order valence-electron chi connectivity index (χ0n) is 11.0. The Morgan fingerprint density at radius 3 is 2.71 bits per heavy atom. The quantitative estimate of drug-likeness (QED) is 0.847. The summed E-state index contributed by atoms with van der Waals surface area (Å²) in [6.07, 6.45) is 6.28. The molecule has 0 radical (unpaired) electrons. The number of rotatable bonds is 6. The maximum absolute atomic E-state index is 6.22. The Morgan fingerprint density at radius 2 is 2.24 bits per heavy atom.